The fraction of sp³-hybridized carbons (Fsp3) is 0.235. The second-order valence-electron chi connectivity index (χ2n) is 5.01. The van der Waals surface area contributed by atoms with Gasteiger partial charge < -0.3 is 5.11 Å². The van der Waals surface area contributed by atoms with E-state index in [1.165, 1.54) is 0 Å². The van der Waals surface area contributed by atoms with Gasteiger partial charge in [-0.25, -0.2) is 0 Å². The number of aliphatic carboxylic acids is 1. The minimum atomic E-state index is -0.932. The van der Waals surface area contributed by atoms with Crippen LogP contribution < -0.4 is 0 Å². The summed E-state index contributed by atoms with van der Waals surface area (Å²) in [6, 6.07) is 13.0. The van der Waals surface area contributed by atoms with E-state index in [2.05, 4.69) is 4.98 Å². The van der Waals surface area contributed by atoms with E-state index >= 15 is 0 Å². The number of nitrogens with zero attached hydrogens (tertiary/aromatic N) is 1. The van der Waals surface area contributed by atoms with Gasteiger partial charge in [-0.2, -0.15) is 0 Å². The Balaban J connectivity index is 1.96. The van der Waals surface area contributed by atoms with Crippen LogP contribution in [0.25, 0.3) is 0 Å². The fourth-order valence-electron chi connectivity index (χ4n) is 2.22. The zero-order valence-corrected chi connectivity index (χ0v) is 11.6. The molecule has 0 saturated heterocycles. The zero-order chi connectivity index (χ0) is 15.1. The summed E-state index contributed by atoms with van der Waals surface area (Å²) in [6.45, 7) is 0. The maximum atomic E-state index is 12.0. The molecule has 1 unspecified atom stereocenters. The number of Topliss-reactive ketones (excluding diaryl/α,β-unsaturated/α-hetero) is 1. The average molecular weight is 283 g/mol. The van der Waals surface area contributed by atoms with Crippen LogP contribution in [0.2, 0.25) is 0 Å². The number of carbonyl (C=O) groups excluding carboxylic acids is 1. The van der Waals surface area contributed by atoms with Gasteiger partial charge in [-0.05, 0) is 23.6 Å². The van der Waals surface area contributed by atoms with E-state index in [4.69, 9.17) is 0 Å². The largest absolute Gasteiger partial charge is 0.481 e. The van der Waals surface area contributed by atoms with Gasteiger partial charge in [-0.1, -0.05) is 36.4 Å². The molecule has 0 amide bonds. The van der Waals surface area contributed by atoms with Crippen LogP contribution in [0, 0.1) is 5.92 Å². The van der Waals surface area contributed by atoms with Gasteiger partial charge in [0.2, 0.25) is 0 Å². The van der Waals surface area contributed by atoms with Crippen LogP contribution in [-0.4, -0.2) is 21.8 Å². The van der Waals surface area contributed by atoms with Crippen molar-refractivity contribution in [2.45, 2.75) is 19.3 Å². The van der Waals surface area contributed by atoms with E-state index in [1.807, 2.05) is 36.4 Å². The Morgan fingerprint density at radius 3 is 2.38 bits per heavy atom. The molecule has 0 radical (unpaired) electrons. The highest BCUT2D eigenvalue weighted by atomic mass is 16.4. The minimum absolute atomic E-state index is 0.0408. The van der Waals surface area contributed by atoms with Gasteiger partial charge in [0.05, 0.1) is 5.92 Å². The first-order chi connectivity index (χ1) is 10.1. The van der Waals surface area contributed by atoms with Crippen molar-refractivity contribution in [1.29, 1.82) is 0 Å². The molecule has 1 atom stereocenters. The number of benzene rings is 1. The van der Waals surface area contributed by atoms with E-state index in [1.54, 1.807) is 18.5 Å². The molecule has 0 aliphatic rings. The van der Waals surface area contributed by atoms with Gasteiger partial charge in [-0.15, -0.1) is 0 Å². The molecule has 0 spiro atoms. The second-order valence-corrected chi connectivity index (χ2v) is 5.01. The monoisotopic (exact) mass is 283 g/mol. The quantitative estimate of drug-likeness (QED) is 0.848. The smallest absolute Gasteiger partial charge is 0.307 e. The highest BCUT2D eigenvalue weighted by molar-refractivity contribution is 5.85. The summed E-state index contributed by atoms with van der Waals surface area (Å²) in [5.74, 6) is -1.69. The molecule has 1 aromatic carbocycles. The maximum absolute atomic E-state index is 12.0. The highest BCUT2D eigenvalue weighted by Gasteiger charge is 2.21. The summed E-state index contributed by atoms with van der Waals surface area (Å²) in [5.41, 5.74) is 1.74. The summed E-state index contributed by atoms with van der Waals surface area (Å²) in [7, 11) is 0. The minimum Gasteiger partial charge on any atom is -0.481 e. The first kappa shape index (κ1) is 14.9. The van der Waals surface area contributed by atoms with Crippen molar-refractivity contribution in [1.82, 2.24) is 4.98 Å². The molecule has 1 heterocycles. The molecule has 1 aromatic heterocycles. The third-order valence-electron chi connectivity index (χ3n) is 3.27. The van der Waals surface area contributed by atoms with Crippen molar-refractivity contribution in [3.8, 4) is 0 Å². The van der Waals surface area contributed by atoms with Crippen LogP contribution in [0.15, 0.2) is 54.9 Å². The van der Waals surface area contributed by atoms with Crippen molar-refractivity contribution in [3.63, 3.8) is 0 Å². The van der Waals surface area contributed by atoms with Gasteiger partial charge in [0.1, 0.15) is 5.78 Å². The predicted molar refractivity (Wildman–Crippen MR) is 78.8 cm³/mol. The Kier molecular flexibility index (Phi) is 5.21. The summed E-state index contributed by atoms with van der Waals surface area (Å²) in [4.78, 5) is 27.3. The number of carboxylic acid groups (broad SMARTS) is 1. The topological polar surface area (TPSA) is 67.3 Å². The summed E-state index contributed by atoms with van der Waals surface area (Å²) < 4.78 is 0. The molecule has 4 heteroatoms. The second kappa shape index (κ2) is 7.33. The lowest BCUT2D eigenvalue weighted by Crippen LogP contribution is -2.21. The summed E-state index contributed by atoms with van der Waals surface area (Å²) in [6.07, 6.45) is 3.91. The molecule has 2 aromatic rings. The average Bonchev–Trinajstić information content (AvgIpc) is 2.48. The van der Waals surface area contributed by atoms with Crippen LogP contribution in [0.5, 0.6) is 0 Å². The first-order valence-electron chi connectivity index (χ1n) is 6.82. The normalized spacial score (nSPS) is 11.8. The molecule has 4 nitrogen and oxygen atoms in total. The lowest BCUT2D eigenvalue weighted by molar-refractivity contribution is -0.143. The van der Waals surface area contributed by atoms with Crippen molar-refractivity contribution < 1.29 is 14.7 Å². The van der Waals surface area contributed by atoms with Gasteiger partial charge in [0.25, 0.3) is 0 Å². The molecule has 0 saturated carbocycles. The Morgan fingerprint density at radius 2 is 1.76 bits per heavy atom. The maximum Gasteiger partial charge on any atom is 0.307 e. The molecule has 108 valence electrons. The number of carboxylic acids is 1. The van der Waals surface area contributed by atoms with E-state index in [9.17, 15) is 14.7 Å². The Hall–Kier alpha value is -2.49. The Labute approximate surface area is 123 Å². The van der Waals surface area contributed by atoms with Gasteiger partial charge in [0, 0.05) is 25.2 Å². The lowest BCUT2D eigenvalue weighted by Gasteiger charge is -2.11. The van der Waals surface area contributed by atoms with Crippen molar-refractivity contribution in [3.05, 3.63) is 66.0 Å². The first-order valence-corrected chi connectivity index (χ1v) is 6.82. The number of aromatic nitrogens is 1. The number of hydrogen-bond acceptors (Lipinski definition) is 3. The standard InChI is InChI=1S/C17H17NO3/c19-16(10-14-7-4-8-18-12-14)11-15(17(20)21)9-13-5-2-1-3-6-13/h1-8,12,15H,9-11H2,(H,20,21). The van der Waals surface area contributed by atoms with Gasteiger partial charge >= 0.3 is 5.97 Å². The van der Waals surface area contributed by atoms with E-state index in [-0.39, 0.29) is 18.6 Å². The Morgan fingerprint density at radius 1 is 1.05 bits per heavy atom. The van der Waals surface area contributed by atoms with Crippen molar-refractivity contribution in [2.75, 3.05) is 0 Å². The highest BCUT2D eigenvalue weighted by Crippen LogP contribution is 2.14. The van der Waals surface area contributed by atoms with Crippen LogP contribution >= 0.6 is 0 Å². The molecule has 1 N–H and O–H groups in total. The van der Waals surface area contributed by atoms with Crippen molar-refractivity contribution >= 4 is 11.8 Å². The van der Waals surface area contributed by atoms with E-state index < -0.39 is 11.9 Å². The van der Waals surface area contributed by atoms with Crippen LogP contribution in [0.3, 0.4) is 0 Å². The fourth-order valence-corrected chi connectivity index (χ4v) is 2.22. The van der Waals surface area contributed by atoms with Crippen LogP contribution in [0.4, 0.5) is 0 Å². The molecular formula is C17H17NO3. The Bertz CT molecular complexity index is 596. The predicted octanol–water partition coefficient (Wildman–Crippen LogP) is 2.53. The molecule has 0 aliphatic carbocycles. The SMILES string of the molecule is O=C(Cc1cccnc1)CC(Cc1ccccc1)C(=O)O. The van der Waals surface area contributed by atoms with Crippen LogP contribution in [0.1, 0.15) is 17.5 Å². The van der Waals surface area contributed by atoms with Gasteiger partial charge in [-0.3, -0.25) is 14.6 Å². The van der Waals surface area contributed by atoms with Crippen molar-refractivity contribution in [2.24, 2.45) is 5.92 Å². The molecule has 0 fully saturated rings. The van der Waals surface area contributed by atoms with Crippen LogP contribution in [-0.2, 0) is 22.4 Å². The van der Waals surface area contributed by atoms with E-state index in [0.29, 0.717) is 6.42 Å². The number of rotatable bonds is 7. The number of pyridine rings is 1. The van der Waals surface area contributed by atoms with E-state index in [0.717, 1.165) is 11.1 Å². The summed E-state index contributed by atoms with van der Waals surface area (Å²) in [5, 5.41) is 9.28. The third-order valence-corrected chi connectivity index (χ3v) is 3.27. The van der Waals surface area contributed by atoms with Gasteiger partial charge in [0.15, 0.2) is 0 Å². The molecule has 2 rings (SSSR count). The molecule has 21 heavy (non-hydrogen) atoms. The number of ketones is 1. The molecule has 0 aliphatic heterocycles. The zero-order valence-electron chi connectivity index (χ0n) is 11.6. The summed E-state index contributed by atoms with van der Waals surface area (Å²) >= 11 is 0. The lowest BCUT2D eigenvalue weighted by atomic mass is 9.92. The number of hydrogen-bond donors (Lipinski definition) is 1. The number of carbonyl (C=O) groups is 2. The molecule has 0 bridgehead atoms. The third kappa shape index (κ3) is 4.84. The molecular weight excluding hydrogens is 266 g/mol.